The summed E-state index contributed by atoms with van der Waals surface area (Å²) in [6.45, 7) is 3.65. The third-order valence-corrected chi connectivity index (χ3v) is 4.67. The van der Waals surface area contributed by atoms with E-state index in [-0.39, 0.29) is 18.9 Å². The maximum atomic E-state index is 12.0. The Hall–Kier alpha value is -0.460. The van der Waals surface area contributed by atoms with Gasteiger partial charge >= 0.3 is 5.97 Å². The summed E-state index contributed by atoms with van der Waals surface area (Å²) in [6.07, 6.45) is 1.09. The molecule has 0 saturated carbocycles. The number of ether oxygens (including phenoxy) is 1. The second-order valence-corrected chi connectivity index (χ2v) is 7.11. The molecule has 19 heavy (non-hydrogen) atoms. The average Bonchev–Trinajstić information content (AvgIpc) is 2.34. The van der Waals surface area contributed by atoms with Crippen LogP contribution in [0, 0.1) is 0 Å². The number of hydrogen-bond acceptors (Lipinski definition) is 5. The summed E-state index contributed by atoms with van der Waals surface area (Å²) in [5.74, 6) is -0.818. The summed E-state index contributed by atoms with van der Waals surface area (Å²) in [5.41, 5.74) is 0. The summed E-state index contributed by atoms with van der Waals surface area (Å²) < 4.78 is 17.1. The zero-order valence-electron chi connectivity index (χ0n) is 11.1. The third kappa shape index (κ3) is 8.34. The fourth-order valence-electron chi connectivity index (χ4n) is 1.87. The first-order chi connectivity index (χ1) is 8.99. The highest BCUT2D eigenvalue weighted by molar-refractivity contribution is 7.57. The number of nitrogens with one attached hydrogen (secondary N) is 1. The first kappa shape index (κ1) is 16.6. The highest BCUT2D eigenvalue weighted by atomic mass is 31.2. The van der Waals surface area contributed by atoms with Gasteiger partial charge in [-0.3, -0.25) is 14.3 Å². The zero-order chi connectivity index (χ0) is 14.1. The second-order valence-electron chi connectivity index (χ2n) is 4.69. The first-order valence-corrected chi connectivity index (χ1v) is 8.56. The van der Waals surface area contributed by atoms with Crippen LogP contribution in [0.2, 0.25) is 0 Å². The van der Waals surface area contributed by atoms with Crippen molar-refractivity contribution in [3.63, 3.8) is 0 Å². The second kappa shape index (κ2) is 8.66. The van der Waals surface area contributed by atoms with Gasteiger partial charge in [-0.2, -0.15) is 0 Å². The van der Waals surface area contributed by atoms with Gasteiger partial charge in [-0.05, 0) is 13.0 Å². The summed E-state index contributed by atoms with van der Waals surface area (Å²) in [4.78, 5) is 22.1. The number of rotatable bonds is 9. The van der Waals surface area contributed by atoms with Crippen LogP contribution in [0.4, 0.5) is 0 Å². The molecule has 7 nitrogen and oxygen atoms in total. The Balaban J connectivity index is 2.08. The van der Waals surface area contributed by atoms with Crippen LogP contribution in [0.5, 0.6) is 0 Å². The quantitative estimate of drug-likeness (QED) is 0.406. The number of carboxylic acids is 1. The molecule has 0 spiro atoms. The molecule has 1 aliphatic heterocycles. The van der Waals surface area contributed by atoms with Crippen molar-refractivity contribution < 1.29 is 24.1 Å². The molecule has 1 unspecified atom stereocenters. The molecule has 1 rings (SSSR count). The van der Waals surface area contributed by atoms with Gasteiger partial charge in [0, 0.05) is 32.2 Å². The monoisotopic (exact) mass is 294 g/mol. The molecule has 1 atom stereocenters. The number of hydrogen-bond donors (Lipinski definition) is 3. The van der Waals surface area contributed by atoms with Crippen molar-refractivity contribution >= 4 is 13.3 Å². The molecule has 3 N–H and O–H groups in total. The number of carbonyl (C=O) groups is 1. The van der Waals surface area contributed by atoms with E-state index < -0.39 is 13.3 Å². The van der Waals surface area contributed by atoms with E-state index in [0.29, 0.717) is 45.8 Å². The topological polar surface area (TPSA) is 99.1 Å². The van der Waals surface area contributed by atoms with Crippen molar-refractivity contribution in [1.82, 2.24) is 10.2 Å². The largest absolute Gasteiger partial charge is 0.481 e. The number of aliphatic carboxylic acids is 1. The molecule has 0 aliphatic carbocycles. The molecule has 0 aromatic carbocycles. The van der Waals surface area contributed by atoms with Gasteiger partial charge in [0.05, 0.1) is 19.5 Å². The minimum Gasteiger partial charge on any atom is -0.481 e. The summed E-state index contributed by atoms with van der Waals surface area (Å²) in [7, 11) is -3.14. The molecule has 8 heteroatoms. The van der Waals surface area contributed by atoms with E-state index in [1.54, 1.807) is 0 Å². The Morgan fingerprint density at radius 1 is 1.32 bits per heavy atom. The third-order valence-electron chi connectivity index (χ3n) is 2.91. The molecule has 112 valence electrons. The van der Waals surface area contributed by atoms with Crippen LogP contribution in [-0.4, -0.2) is 72.7 Å². The van der Waals surface area contributed by atoms with Gasteiger partial charge in [0.25, 0.3) is 0 Å². The molecule has 0 aromatic rings. The van der Waals surface area contributed by atoms with E-state index in [1.807, 2.05) is 4.90 Å². The zero-order valence-corrected chi connectivity index (χ0v) is 12.0. The fourth-order valence-corrected chi connectivity index (χ4v) is 3.43. The van der Waals surface area contributed by atoms with Gasteiger partial charge < -0.3 is 20.1 Å². The number of carboxylic acid groups (broad SMARTS) is 1. The number of nitrogens with zero attached hydrogens (tertiary/aromatic N) is 1. The molecular weight excluding hydrogens is 271 g/mol. The van der Waals surface area contributed by atoms with E-state index in [1.165, 1.54) is 0 Å². The van der Waals surface area contributed by atoms with Crippen molar-refractivity contribution in [2.45, 2.75) is 12.8 Å². The van der Waals surface area contributed by atoms with E-state index in [0.717, 1.165) is 0 Å². The lowest BCUT2D eigenvalue weighted by molar-refractivity contribution is -0.137. The van der Waals surface area contributed by atoms with Crippen molar-refractivity contribution in [3.05, 3.63) is 0 Å². The molecule has 1 fully saturated rings. The van der Waals surface area contributed by atoms with Crippen molar-refractivity contribution in [2.75, 3.05) is 51.8 Å². The molecule has 1 aliphatic rings. The summed E-state index contributed by atoms with van der Waals surface area (Å²) in [5, 5.41) is 11.4. The Kier molecular flexibility index (Phi) is 7.56. The average molecular weight is 294 g/mol. The lowest BCUT2D eigenvalue weighted by atomic mass is 10.3. The Labute approximate surface area is 113 Å². The van der Waals surface area contributed by atoms with Gasteiger partial charge in [-0.25, -0.2) is 0 Å². The standard InChI is InChI=1S/C11H23N2O5P/c14-11(15)2-1-3-12-4-9-19(16,17)10-13-5-7-18-8-6-13/h12H,1-10H2,(H,14,15)(H,16,17). The van der Waals surface area contributed by atoms with E-state index >= 15 is 0 Å². The van der Waals surface area contributed by atoms with Crippen molar-refractivity contribution in [2.24, 2.45) is 0 Å². The highest BCUT2D eigenvalue weighted by Gasteiger charge is 2.23. The van der Waals surface area contributed by atoms with Crippen LogP contribution in [0.15, 0.2) is 0 Å². The number of morpholine rings is 1. The van der Waals surface area contributed by atoms with Crippen LogP contribution in [0.1, 0.15) is 12.8 Å². The van der Waals surface area contributed by atoms with E-state index in [2.05, 4.69) is 5.32 Å². The maximum absolute atomic E-state index is 12.0. The highest BCUT2D eigenvalue weighted by Crippen LogP contribution is 2.40. The van der Waals surface area contributed by atoms with E-state index in [4.69, 9.17) is 9.84 Å². The van der Waals surface area contributed by atoms with Crippen LogP contribution in [-0.2, 0) is 14.1 Å². The molecule has 0 aromatic heterocycles. The Morgan fingerprint density at radius 2 is 2.00 bits per heavy atom. The predicted octanol–water partition coefficient (Wildman–Crippen LogP) is 0.000900. The van der Waals surface area contributed by atoms with Gasteiger partial charge in [-0.15, -0.1) is 0 Å². The molecule has 0 radical (unpaired) electrons. The molecular formula is C11H23N2O5P. The molecule has 1 saturated heterocycles. The summed E-state index contributed by atoms with van der Waals surface area (Å²) in [6, 6.07) is 0. The normalized spacial score (nSPS) is 20.1. The Morgan fingerprint density at radius 3 is 2.63 bits per heavy atom. The van der Waals surface area contributed by atoms with Gasteiger partial charge in [0.15, 0.2) is 0 Å². The Bertz CT molecular complexity index is 320. The van der Waals surface area contributed by atoms with Crippen LogP contribution < -0.4 is 5.32 Å². The van der Waals surface area contributed by atoms with Gasteiger partial charge in [0.2, 0.25) is 7.37 Å². The van der Waals surface area contributed by atoms with Crippen LogP contribution in [0.3, 0.4) is 0 Å². The van der Waals surface area contributed by atoms with Crippen LogP contribution >= 0.6 is 7.37 Å². The maximum Gasteiger partial charge on any atom is 0.303 e. The van der Waals surface area contributed by atoms with Crippen molar-refractivity contribution in [3.8, 4) is 0 Å². The molecule has 0 amide bonds. The molecule has 1 heterocycles. The summed E-state index contributed by atoms with van der Waals surface area (Å²) >= 11 is 0. The lowest BCUT2D eigenvalue weighted by Crippen LogP contribution is -2.37. The lowest BCUT2D eigenvalue weighted by Gasteiger charge is -2.28. The van der Waals surface area contributed by atoms with Crippen LogP contribution in [0.25, 0.3) is 0 Å². The molecule has 0 bridgehead atoms. The minimum atomic E-state index is -3.14. The predicted molar refractivity (Wildman–Crippen MR) is 71.7 cm³/mol. The van der Waals surface area contributed by atoms with Crippen molar-refractivity contribution in [1.29, 1.82) is 0 Å². The van der Waals surface area contributed by atoms with Gasteiger partial charge in [-0.1, -0.05) is 0 Å². The minimum absolute atomic E-state index is 0.123. The smallest absolute Gasteiger partial charge is 0.303 e. The fraction of sp³-hybridized carbons (Fsp3) is 0.909. The van der Waals surface area contributed by atoms with Gasteiger partial charge in [0.1, 0.15) is 0 Å². The first-order valence-electron chi connectivity index (χ1n) is 6.53. The van der Waals surface area contributed by atoms with E-state index in [9.17, 15) is 14.3 Å². The SMILES string of the molecule is O=C(O)CCCNCCP(=O)(O)CN1CCOCC1.